The molecule has 62 valence electrons. The number of hydrogen-bond acceptors (Lipinski definition) is 3. The van der Waals surface area contributed by atoms with Crippen molar-refractivity contribution in [2.24, 2.45) is 0 Å². The highest BCUT2D eigenvalue weighted by Crippen LogP contribution is 1.96. The first kappa shape index (κ1) is 8.26. The van der Waals surface area contributed by atoms with Gasteiger partial charge in [-0.15, -0.1) is 0 Å². The predicted molar refractivity (Wildman–Crippen MR) is 41.8 cm³/mol. The van der Waals surface area contributed by atoms with Crippen LogP contribution in [0, 0.1) is 6.92 Å². The Morgan fingerprint density at radius 2 is 2.27 bits per heavy atom. The summed E-state index contributed by atoms with van der Waals surface area (Å²) in [4.78, 5) is 0. The van der Waals surface area contributed by atoms with Gasteiger partial charge >= 0.3 is 0 Å². The lowest BCUT2D eigenvalue weighted by Crippen LogP contribution is -2.08. The zero-order valence-electron chi connectivity index (χ0n) is 6.48. The third-order valence-electron chi connectivity index (χ3n) is 1.13. The van der Waals surface area contributed by atoms with Crippen molar-refractivity contribution in [3.8, 4) is 0 Å². The summed E-state index contributed by atoms with van der Waals surface area (Å²) in [5, 5.41) is 3.84. The molecule has 5 heteroatoms. The summed E-state index contributed by atoms with van der Waals surface area (Å²) < 4.78 is 22.9. The van der Waals surface area contributed by atoms with Crippen LogP contribution in [0.2, 0.25) is 0 Å². The second-order valence-corrected chi connectivity index (χ2v) is 4.72. The maximum absolute atomic E-state index is 10.7. The molecule has 0 N–H and O–H groups in total. The van der Waals surface area contributed by atoms with Crippen molar-refractivity contribution in [1.82, 2.24) is 9.78 Å². The Morgan fingerprint density at radius 1 is 1.64 bits per heavy atom. The molecule has 0 radical (unpaired) electrons. The number of nitrogens with zero attached hydrogens (tertiary/aromatic N) is 2. The summed E-state index contributed by atoms with van der Waals surface area (Å²) in [7, 11) is -2.96. The maximum atomic E-state index is 10.7. The first-order valence-electron chi connectivity index (χ1n) is 3.14. The van der Waals surface area contributed by atoms with Crippen LogP contribution in [0.5, 0.6) is 0 Å². The van der Waals surface area contributed by atoms with E-state index in [2.05, 4.69) is 5.10 Å². The van der Waals surface area contributed by atoms with Crippen molar-refractivity contribution in [2.45, 2.75) is 12.8 Å². The molecule has 0 saturated carbocycles. The van der Waals surface area contributed by atoms with Crippen molar-refractivity contribution in [3.05, 3.63) is 18.0 Å². The van der Waals surface area contributed by atoms with Gasteiger partial charge in [-0.05, 0) is 12.5 Å². The van der Waals surface area contributed by atoms with Gasteiger partial charge in [0, 0.05) is 12.5 Å². The third kappa shape index (κ3) is 2.71. The maximum Gasteiger partial charge on any atom is 0.167 e. The zero-order valence-corrected chi connectivity index (χ0v) is 7.30. The number of sulfone groups is 1. The van der Waals surface area contributed by atoms with Gasteiger partial charge in [0.1, 0.15) is 5.88 Å². The lowest BCUT2D eigenvalue weighted by atomic mass is 10.4. The Kier molecular flexibility index (Phi) is 1.99. The Morgan fingerprint density at radius 3 is 2.64 bits per heavy atom. The van der Waals surface area contributed by atoms with E-state index < -0.39 is 9.84 Å². The number of hydrogen-bond donors (Lipinski definition) is 0. The summed E-state index contributed by atoms with van der Waals surface area (Å²) in [5.74, 6) is -0.0408. The van der Waals surface area contributed by atoms with Crippen LogP contribution >= 0.6 is 0 Å². The van der Waals surface area contributed by atoms with E-state index in [0.717, 1.165) is 5.56 Å². The van der Waals surface area contributed by atoms with E-state index in [0.29, 0.717) is 0 Å². The van der Waals surface area contributed by atoms with Gasteiger partial charge in [0.15, 0.2) is 9.84 Å². The topological polar surface area (TPSA) is 52.0 Å². The summed E-state index contributed by atoms with van der Waals surface area (Å²) in [6.07, 6.45) is 4.51. The average molecular weight is 174 g/mol. The highest BCUT2D eigenvalue weighted by atomic mass is 32.2. The Hall–Kier alpha value is -0.840. The Balaban J connectivity index is 2.81. The SMILES string of the molecule is Cc1cnn(CS(C)(=O)=O)c1. The summed E-state index contributed by atoms with van der Waals surface area (Å²) in [6.45, 7) is 1.87. The van der Waals surface area contributed by atoms with E-state index in [4.69, 9.17) is 0 Å². The molecule has 0 bridgehead atoms. The molecule has 1 aromatic heterocycles. The van der Waals surface area contributed by atoms with Gasteiger partial charge in [-0.3, -0.25) is 4.68 Å². The van der Waals surface area contributed by atoms with E-state index in [1.54, 1.807) is 12.4 Å². The fourth-order valence-electron chi connectivity index (χ4n) is 0.778. The fraction of sp³-hybridized carbons (Fsp3) is 0.500. The molecular weight excluding hydrogens is 164 g/mol. The smallest absolute Gasteiger partial charge is 0.167 e. The van der Waals surface area contributed by atoms with Crippen LogP contribution in [0.25, 0.3) is 0 Å². The molecular formula is C6H10N2O2S. The summed E-state index contributed by atoms with van der Waals surface area (Å²) >= 11 is 0. The molecule has 1 heterocycles. The van der Waals surface area contributed by atoms with E-state index in [1.807, 2.05) is 6.92 Å². The van der Waals surface area contributed by atoms with Crippen LogP contribution in [-0.2, 0) is 15.7 Å². The van der Waals surface area contributed by atoms with Crippen molar-refractivity contribution >= 4 is 9.84 Å². The van der Waals surface area contributed by atoms with Crippen molar-refractivity contribution in [1.29, 1.82) is 0 Å². The highest BCUT2D eigenvalue weighted by molar-refractivity contribution is 7.89. The predicted octanol–water partition coefficient (Wildman–Crippen LogP) is 0.194. The molecule has 1 aromatic rings. The van der Waals surface area contributed by atoms with Crippen molar-refractivity contribution < 1.29 is 8.42 Å². The highest BCUT2D eigenvalue weighted by Gasteiger charge is 2.03. The molecule has 0 spiro atoms. The molecule has 0 amide bonds. The number of rotatable bonds is 2. The van der Waals surface area contributed by atoms with Gasteiger partial charge in [-0.1, -0.05) is 0 Å². The minimum atomic E-state index is -2.96. The molecule has 0 fully saturated rings. The fourth-order valence-corrected chi connectivity index (χ4v) is 1.40. The summed E-state index contributed by atoms with van der Waals surface area (Å²) in [6, 6.07) is 0. The van der Waals surface area contributed by atoms with E-state index in [1.165, 1.54) is 10.9 Å². The van der Waals surface area contributed by atoms with Gasteiger partial charge in [-0.2, -0.15) is 5.10 Å². The largest absolute Gasteiger partial charge is 0.257 e. The van der Waals surface area contributed by atoms with Crippen LogP contribution in [0.3, 0.4) is 0 Å². The summed E-state index contributed by atoms with van der Waals surface area (Å²) in [5.41, 5.74) is 0.966. The molecule has 0 aliphatic carbocycles. The molecule has 0 saturated heterocycles. The molecule has 11 heavy (non-hydrogen) atoms. The molecule has 0 atom stereocenters. The van der Waals surface area contributed by atoms with Crippen LogP contribution < -0.4 is 0 Å². The van der Waals surface area contributed by atoms with Crippen molar-refractivity contribution in [3.63, 3.8) is 0 Å². The third-order valence-corrected chi connectivity index (χ3v) is 1.86. The molecule has 0 aromatic carbocycles. The van der Waals surface area contributed by atoms with E-state index >= 15 is 0 Å². The standard InChI is InChI=1S/C6H10N2O2S/c1-6-3-7-8(4-6)5-11(2,9)10/h3-4H,5H2,1-2H3. The van der Waals surface area contributed by atoms with Crippen LogP contribution in [0.1, 0.15) is 5.56 Å². The van der Waals surface area contributed by atoms with E-state index in [-0.39, 0.29) is 5.88 Å². The van der Waals surface area contributed by atoms with E-state index in [9.17, 15) is 8.42 Å². The van der Waals surface area contributed by atoms with Crippen LogP contribution in [-0.4, -0.2) is 24.5 Å². The lowest BCUT2D eigenvalue weighted by Gasteiger charge is -1.96. The first-order chi connectivity index (χ1) is 4.97. The number of aromatic nitrogens is 2. The Labute approximate surface area is 65.8 Å². The van der Waals surface area contributed by atoms with Gasteiger partial charge < -0.3 is 0 Å². The second-order valence-electron chi connectivity index (χ2n) is 2.61. The zero-order chi connectivity index (χ0) is 8.48. The first-order valence-corrected chi connectivity index (χ1v) is 5.20. The van der Waals surface area contributed by atoms with Crippen LogP contribution in [0.4, 0.5) is 0 Å². The second kappa shape index (κ2) is 2.65. The molecule has 0 unspecified atom stereocenters. The monoisotopic (exact) mass is 174 g/mol. The van der Waals surface area contributed by atoms with Gasteiger partial charge in [0.25, 0.3) is 0 Å². The molecule has 1 rings (SSSR count). The minimum absolute atomic E-state index is 0.0408. The average Bonchev–Trinajstić information content (AvgIpc) is 2.10. The molecule has 0 aliphatic heterocycles. The van der Waals surface area contributed by atoms with Gasteiger partial charge in [-0.25, -0.2) is 8.42 Å². The van der Waals surface area contributed by atoms with Gasteiger partial charge in [0.05, 0.1) is 6.20 Å². The Bertz CT molecular complexity index is 339. The molecule has 0 aliphatic rings. The number of aryl methyl sites for hydroxylation is 1. The minimum Gasteiger partial charge on any atom is -0.257 e. The molecule has 4 nitrogen and oxygen atoms in total. The quantitative estimate of drug-likeness (QED) is 0.643. The normalized spacial score (nSPS) is 11.8. The lowest BCUT2D eigenvalue weighted by molar-refractivity contribution is 0.581. The van der Waals surface area contributed by atoms with Crippen molar-refractivity contribution in [2.75, 3.05) is 6.26 Å². The van der Waals surface area contributed by atoms with Gasteiger partial charge in [0.2, 0.25) is 0 Å². The van der Waals surface area contributed by atoms with Crippen LogP contribution in [0.15, 0.2) is 12.4 Å².